The summed E-state index contributed by atoms with van der Waals surface area (Å²) in [4.78, 5) is 36.5. The van der Waals surface area contributed by atoms with Crippen molar-refractivity contribution in [1.29, 1.82) is 0 Å². The number of hydrogen-bond donors (Lipinski definition) is 0. The molecular weight excluding hydrogens is 258 g/mol. The second-order valence-corrected chi connectivity index (χ2v) is 4.49. The van der Waals surface area contributed by atoms with Gasteiger partial charge in [-0.1, -0.05) is 11.6 Å². The molecule has 0 atom stereocenters. The van der Waals surface area contributed by atoms with Gasteiger partial charge in [-0.2, -0.15) is 0 Å². The summed E-state index contributed by atoms with van der Waals surface area (Å²) >= 11 is 0. The number of imide groups is 1. The standard InChI is InChI=1S/C15H15NO4/c1-4-20-14(18)8-12-11-7-9(2)5-6-13(11)16(10(3)17)15(12)19/h5-8H,4H2,1-3H3. The number of esters is 1. The molecule has 0 fully saturated rings. The molecule has 104 valence electrons. The van der Waals surface area contributed by atoms with Gasteiger partial charge < -0.3 is 4.74 Å². The summed E-state index contributed by atoms with van der Waals surface area (Å²) in [6, 6.07) is 5.30. The lowest BCUT2D eigenvalue weighted by Crippen LogP contribution is -2.31. The number of ether oxygens (including phenoxy) is 1. The molecular formula is C15H15NO4. The minimum absolute atomic E-state index is 0.192. The van der Waals surface area contributed by atoms with E-state index in [1.165, 1.54) is 6.92 Å². The van der Waals surface area contributed by atoms with Crippen molar-refractivity contribution in [3.8, 4) is 0 Å². The average Bonchev–Trinajstić information content (AvgIpc) is 2.63. The summed E-state index contributed by atoms with van der Waals surface area (Å²) in [6.07, 6.45) is 1.15. The van der Waals surface area contributed by atoms with Gasteiger partial charge in [-0.3, -0.25) is 9.59 Å². The number of benzene rings is 1. The molecule has 5 nitrogen and oxygen atoms in total. The molecule has 1 aliphatic rings. The van der Waals surface area contributed by atoms with Crippen molar-refractivity contribution in [3.05, 3.63) is 35.4 Å². The van der Waals surface area contributed by atoms with E-state index in [1.807, 2.05) is 13.0 Å². The van der Waals surface area contributed by atoms with Crippen LogP contribution in [-0.4, -0.2) is 24.4 Å². The van der Waals surface area contributed by atoms with E-state index in [0.717, 1.165) is 16.5 Å². The Morgan fingerprint density at radius 2 is 2.05 bits per heavy atom. The van der Waals surface area contributed by atoms with Crippen LogP contribution in [-0.2, 0) is 19.1 Å². The van der Waals surface area contributed by atoms with Crippen molar-refractivity contribution in [2.24, 2.45) is 0 Å². The van der Waals surface area contributed by atoms with Gasteiger partial charge in [-0.25, -0.2) is 9.69 Å². The Balaban J connectivity index is 2.55. The van der Waals surface area contributed by atoms with E-state index < -0.39 is 11.9 Å². The molecule has 1 aliphatic heterocycles. The number of carbonyl (C=O) groups excluding carboxylic acids is 3. The number of fused-ring (bicyclic) bond motifs is 1. The fourth-order valence-corrected chi connectivity index (χ4v) is 2.16. The molecule has 0 aliphatic carbocycles. The van der Waals surface area contributed by atoms with Crippen LogP contribution in [0.2, 0.25) is 0 Å². The molecule has 5 heteroatoms. The van der Waals surface area contributed by atoms with Gasteiger partial charge in [0.15, 0.2) is 0 Å². The van der Waals surface area contributed by atoms with Gasteiger partial charge in [0.2, 0.25) is 5.91 Å². The van der Waals surface area contributed by atoms with E-state index in [0.29, 0.717) is 11.3 Å². The zero-order valence-corrected chi connectivity index (χ0v) is 11.6. The Morgan fingerprint density at radius 1 is 1.35 bits per heavy atom. The van der Waals surface area contributed by atoms with E-state index in [2.05, 4.69) is 0 Å². The number of hydrogen-bond acceptors (Lipinski definition) is 4. The first-order valence-corrected chi connectivity index (χ1v) is 6.30. The van der Waals surface area contributed by atoms with Crippen molar-refractivity contribution >= 4 is 29.0 Å². The van der Waals surface area contributed by atoms with Crippen molar-refractivity contribution in [1.82, 2.24) is 0 Å². The molecule has 0 aromatic heterocycles. The third-order valence-corrected chi connectivity index (χ3v) is 2.98. The summed E-state index contributed by atoms with van der Waals surface area (Å²) in [5.41, 5.74) is 2.22. The molecule has 0 N–H and O–H groups in total. The fourth-order valence-electron chi connectivity index (χ4n) is 2.16. The first-order chi connectivity index (χ1) is 9.45. The Hall–Kier alpha value is -2.43. The minimum atomic E-state index is -0.589. The number of nitrogens with zero attached hydrogens (tertiary/aromatic N) is 1. The van der Waals surface area contributed by atoms with Crippen LogP contribution in [0.3, 0.4) is 0 Å². The van der Waals surface area contributed by atoms with Crippen molar-refractivity contribution in [2.45, 2.75) is 20.8 Å². The molecule has 0 saturated carbocycles. The number of amides is 2. The highest BCUT2D eigenvalue weighted by atomic mass is 16.5. The Labute approximate surface area is 116 Å². The molecule has 2 amide bonds. The molecule has 1 aromatic carbocycles. The van der Waals surface area contributed by atoms with Gasteiger partial charge >= 0.3 is 5.97 Å². The maximum absolute atomic E-state index is 12.3. The van der Waals surface area contributed by atoms with Crippen LogP contribution in [0.25, 0.3) is 5.57 Å². The lowest BCUT2D eigenvalue weighted by molar-refractivity contribution is -0.137. The molecule has 0 saturated heterocycles. The quantitative estimate of drug-likeness (QED) is 0.609. The molecule has 2 rings (SSSR count). The fraction of sp³-hybridized carbons (Fsp3) is 0.267. The highest BCUT2D eigenvalue weighted by Gasteiger charge is 2.35. The molecule has 0 radical (unpaired) electrons. The molecule has 0 bridgehead atoms. The summed E-state index contributed by atoms with van der Waals surface area (Å²) < 4.78 is 4.82. The van der Waals surface area contributed by atoms with Crippen LogP contribution >= 0.6 is 0 Å². The van der Waals surface area contributed by atoms with E-state index in [9.17, 15) is 14.4 Å². The third-order valence-electron chi connectivity index (χ3n) is 2.98. The van der Waals surface area contributed by atoms with Gasteiger partial charge in [0, 0.05) is 18.6 Å². The van der Waals surface area contributed by atoms with Crippen LogP contribution in [0.4, 0.5) is 5.69 Å². The lowest BCUT2D eigenvalue weighted by Gasteiger charge is -2.11. The molecule has 1 aromatic rings. The monoisotopic (exact) mass is 273 g/mol. The van der Waals surface area contributed by atoms with Gasteiger partial charge in [-0.15, -0.1) is 0 Å². The van der Waals surface area contributed by atoms with Crippen LogP contribution < -0.4 is 4.90 Å². The normalized spacial score (nSPS) is 15.4. The zero-order valence-electron chi connectivity index (χ0n) is 11.6. The molecule has 1 heterocycles. The summed E-state index contributed by atoms with van der Waals surface area (Å²) in [5.74, 6) is -1.47. The lowest BCUT2D eigenvalue weighted by atomic mass is 10.0. The van der Waals surface area contributed by atoms with Crippen LogP contribution in [0.15, 0.2) is 24.3 Å². The number of rotatable bonds is 2. The Morgan fingerprint density at radius 3 is 2.65 bits per heavy atom. The Kier molecular flexibility index (Phi) is 3.70. The van der Waals surface area contributed by atoms with Crippen molar-refractivity contribution in [2.75, 3.05) is 11.5 Å². The second-order valence-electron chi connectivity index (χ2n) is 4.49. The number of carbonyl (C=O) groups is 3. The van der Waals surface area contributed by atoms with Crippen molar-refractivity contribution in [3.63, 3.8) is 0 Å². The van der Waals surface area contributed by atoms with E-state index in [1.54, 1.807) is 19.1 Å². The predicted molar refractivity (Wildman–Crippen MR) is 74.0 cm³/mol. The van der Waals surface area contributed by atoms with Crippen LogP contribution in [0.5, 0.6) is 0 Å². The van der Waals surface area contributed by atoms with Crippen molar-refractivity contribution < 1.29 is 19.1 Å². The van der Waals surface area contributed by atoms with Gasteiger partial charge in [0.05, 0.1) is 17.9 Å². The zero-order chi connectivity index (χ0) is 14.9. The van der Waals surface area contributed by atoms with E-state index in [4.69, 9.17) is 4.74 Å². The average molecular weight is 273 g/mol. The van der Waals surface area contributed by atoms with E-state index in [-0.39, 0.29) is 18.1 Å². The van der Waals surface area contributed by atoms with Crippen LogP contribution in [0.1, 0.15) is 25.0 Å². The highest BCUT2D eigenvalue weighted by Crippen LogP contribution is 2.37. The molecule has 0 spiro atoms. The Bertz CT molecular complexity index is 631. The smallest absolute Gasteiger partial charge is 0.331 e. The number of anilines is 1. The number of aryl methyl sites for hydroxylation is 1. The third kappa shape index (κ3) is 2.34. The molecule has 0 unspecified atom stereocenters. The van der Waals surface area contributed by atoms with Crippen LogP contribution in [0, 0.1) is 6.92 Å². The predicted octanol–water partition coefficient (Wildman–Crippen LogP) is 1.83. The first kappa shape index (κ1) is 14.0. The maximum Gasteiger partial charge on any atom is 0.331 e. The summed E-state index contributed by atoms with van der Waals surface area (Å²) in [6.45, 7) is 5.11. The first-order valence-electron chi connectivity index (χ1n) is 6.30. The second kappa shape index (κ2) is 5.28. The van der Waals surface area contributed by atoms with Gasteiger partial charge in [-0.05, 0) is 26.0 Å². The van der Waals surface area contributed by atoms with E-state index >= 15 is 0 Å². The minimum Gasteiger partial charge on any atom is -0.463 e. The molecule has 20 heavy (non-hydrogen) atoms. The summed E-state index contributed by atoms with van der Waals surface area (Å²) in [7, 11) is 0. The largest absolute Gasteiger partial charge is 0.463 e. The maximum atomic E-state index is 12.3. The van der Waals surface area contributed by atoms with Gasteiger partial charge in [0.25, 0.3) is 5.91 Å². The SMILES string of the molecule is CCOC(=O)C=C1C(=O)N(C(C)=O)c2ccc(C)cc21. The summed E-state index contributed by atoms with van der Waals surface area (Å²) in [5, 5.41) is 0. The van der Waals surface area contributed by atoms with Gasteiger partial charge in [0.1, 0.15) is 0 Å². The highest BCUT2D eigenvalue weighted by molar-refractivity contribution is 6.40. The topological polar surface area (TPSA) is 63.7 Å².